The molecule has 0 bridgehead atoms. The van der Waals surface area contributed by atoms with E-state index < -0.39 is 11.2 Å². The molecule has 20 heavy (non-hydrogen) atoms. The maximum atomic E-state index is 11.8. The molecule has 4 nitrogen and oxygen atoms in total. The van der Waals surface area contributed by atoms with Gasteiger partial charge in [-0.1, -0.05) is 0 Å². The highest BCUT2D eigenvalue weighted by Crippen LogP contribution is 2.19. The first kappa shape index (κ1) is 19.8. The van der Waals surface area contributed by atoms with Gasteiger partial charge in [0.15, 0.2) is 5.78 Å². The summed E-state index contributed by atoms with van der Waals surface area (Å²) < 4.78 is 11.0. The van der Waals surface area contributed by atoms with Crippen LogP contribution < -0.4 is 0 Å². The number of carbonyl (C=O) groups is 2. The monoisotopic (exact) mass is 322 g/mol. The number of ketones is 1. The Morgan fingerprint density at radius 2 is 1.55 bits per heavy atom. The Bertz CT molecular complexity index is 327. The minimum absolute atomic E-state index is 0.0253. The zero-order valence-electron chi connectivity index (χ0n) is 12.8. The number of ether oxygens (including phenoxy) is 2. The molecule has 0 aliphatic carbocycles. The van der Waals surface area contributed by atoms with Crippen molar-refractivity contribution in [3.8, 4) is 0 Å². The smallest absolute Gasteiger partial charge is 0.307 e. The van der Waals surface area contributed by atoms with Gasteiger partial charge in [-0.25, -0.2) is 0 Å². The molecule has 6 heteroatoms. The van der Waals surface area contributed by atoms with E-state index in [0.717, 1.165) is 0 Å². The number of hydrogen-bond donors (Lipinski definition) is 2. The third kappa shape index (κ3) is 8.17. The number of esters is 1. The summed E-state index contributed by atoms with van der Waals surface area (Å²) in [4.78, 5) is 23.3. The van der Waals surface area contributed by atoms with Gasteiger partial charge in [-0.15, -0.1) is 0 Å². The zero-order chi connectivity index (χ0) is 15.8. The number of thiol groups is 2. The molecule has 0 heterocycles. The molecule has 0 saturated heterocycles. The zero-order valence-corrected chi connectivity index (χ0v) is 14.6. The highest BCUT2D eigenvalue weighted by Gasteiger charge is 2.29. The van der Waals surface area contributed by atoms with E-state index in [9.17, 15) is 9.59 Å². The summed E-state index contributed by atoms with van der Waals surface area (Å²) in [7, 11) is 0. The number of hydrogen-bond acceptors (Lipinski definition) is 6. The largest absolute Gasteiger partial charge is 0.460 e. The number of rotatable bonds is 10. The molecule has 0 spiro atoms. The van der Waals surface area contributed by atoms with Crippen molar-refractivity contribution in [1.29, 1.82) is 0 Å². The summed E-state index contributed by atoms with van der Waals surface area (Å²) >= 11 is 8.04. The van der Waals surface area contributed by atoms with Crippen molar-refractivity contribution >= 4 is 37.0 Å². The second kappa shape index (κ2) is 8.95. The first-order valence-corrected chi connectivity index (χ1v) is 8.02. The molecule has 0 saturated carbocycles. The Morgan fingerprint density at radius 3 is 2.05 bits per heavy atom. The third-order valence-corrected chi connectivity index (χ3v) is 3.33. The summed E-state index contributed by atoms with van der Waals surface area (Å²) in [5, 5.41) is 0. The SMILES string of the molecule is CC(C)(CCOC(C)(C)C(=O)CCS)OC(=O)CCS. The van der Waals surface area contributed by atoms with E-state index in [4.69, 9.17) is 9.47 Å². The summed E-state index contributed by atoms with van der Waals surface area (Å²) in [6.45, 7) is 7.51. The molecule has 0 aromatic heterocycles. The topological polar surface area (TPSA) is 52.6 Å². The molecule has 0 rings (SSSR count). The van der Waals surface area contributed by atoms with Crippen LogP contribution in [0, 0.1) is 0 Å². The van der Waals surface area contributed by atoms with Crippen LogP contribution in [0.4, 0.5) is 0 Å². The highest BCUT2D eigenvalue weighted by molar-refractivity contribution is 7.80. The lowest BCUT2D eigenvalue weighted by Crippen LogP contribution is -2.37. The Morgan fingerprint density at radius 1 is 1.00 bits per heavy atom. The maximum Gasteiger partial charge on any atom is 0.307 e. The van der Waals surface area contributed by atoms with Crippen molar-refractivity contribution in [2.75, 3.05) is 18.1 Å². The molecule has 0 fully saturated rings. The van der Waals surface area contributed by atoms with E-state index in [0.29, 0.717) is 37.4 Å². The average Bonchev–Trinajstić information content (AvgIpc) is 2.27. The molecule has 0 unspecified atom stereocenters. The van der Waals surface area contributed by atoms with Crippen LogP contribution >= 0.6 is 25.3 Å². The van der Waals surface area contributed by atoms with Gasteiger partial charge in [-0.2, -0.15) is 25.3 Å². The second-order valence-electron chi connectivity index (χ2n) is 5.71. The van der Waals surface area contributed by atoms with Crippen molar-refractivity contribution in [2.24, 2.45) is 0 Å². The van der Waals surface area contributed by atoms with Gasteiger partial charge in [0.1, 0.15) is 11.2 Å². The van der Waals surface area contributed by atoms with Gasteiger partial charge in [0.2, 0.25) is 0 Å². The third-order valence-electron chi connectivity index (χ3n) is 2.88. The normalized spacial score (nSPS) is 12.3. The Labute approximate surface area is 132 Å². The van der Waals surface area contributed by atoms with Crippen molar-refractivity contribution in [2.45, 2.75) is 58.2 Å². The lowest BCUT2D eigenvalue weighted by atomic mass is 10.0. The van der Waals surface area contributed by atoms with Gasteiger partial charge < -0.3 is 9.47 Å². The number of carbonyl (C=O) groups excluding carboxylic acids is 2. The van der Waals surface area contributed by atoms with Gasteiger partial charge in [-0.3, -0.25) is 9.59 Å². The van der Waals surface area contributed by atoms with E-state index in [-0.39, 0.29) is 11.8 Å². The Balaban J connectivity index is 4.20. The summed E-state index contributed by atoms with van der Waals surface area (Å²) in [6, 6.07) is 0. The molecule has 0 atom stereocenters. The molecule has 0 aromatic rings. The van der Waals surface area contributed by atoms with E-state index in [1.165, 1.54) is 0 Å². The summed E-state index contributed by atoms with van der Waals surface area (Å²) in [5.41, 5.74) is -1.43. The van der Waals surface area contributed by atoms with Gasteiger partial charge in [-0.05, 0) is 33.4 Å². The van der Waals surface area contributed by atoms with Crippen LogP contribution in [0.2, 0.25) is 0 Å². The van der Waals surface area contributed by atoms with E-state index in [1.54, 1.807) is 13.8 Å². The first-order valence-electron chi connectivity index (χ1n) is 6.75. The highest BCUT2D eigenvalue weighted by atomic mass is 32.1. The summed E-state index contributed by atoms with van der Waals surface area (Å²) in [6.07, 6.45) is 1.21. The molecule has 0 aliphatic heterocycles. The number of Topliss-reactive ketones (excluding diaryl/α,β-unsaturated/α-hetero) is 1. The Kier molecular flexibility index (Phi) is 8.86. The minimum atomic E-state index is -0.825. The van der Waals surface area contributed by atoms with Crippen molar-refractivity contribution in [3.05, 3.63) is 0 Å². The average molecular weight is 322 g/mol. The first-order chi connectivity index (χ1) is 9.14. The molecular formula is C14H26O4S2. The lowest BCUT2D eigenvalue weighted by molar-refractivity contribution is -0.160. The van der Waals surface area contributed by atoms with Crippen LogP contribution in [0.5, 0.6) is 0 Å². The van der Waals surface area contributed by atoms with E-state index in [2.05, 4.69) is 25.3 Å². The fourth-order valence-corrected chi connectivity index (χ4v) is 1.92. The van der Waals surface area contributed by atoms with Crippen molar-refractivity contribution in [3.63, 3.8) is 0 Å². The predicted octanol–water partition coefficient (Wildman–Crippen LogP) is 2.70. The standard InChI is InChI=1S/C14H26O4S2/c1-13(2,18-12(16)6-10-20)7-8-17-14(3,4)11(15)5-9-19/h19-20H,5-10H2,1-4H3. The van der Waals surface area contributed by atoms with Crippen molar-refractivity contribution < 1.29 is 19.1 Å². The maximum absolute atomic E-state index is 11.8. The fourth-order valence-electron chi connectivity index (χ4n) is 1.54. The van der Waals surface area contributed by atoms with Crippen LogP contribution in [0.1, 0.15) is 47.0 Å². The van der Waals surface area contributed by atoms with Gasteiger partial charge in [0.25, 0.3) is 0 Å². The molecular weight excluding hydrogens is 296 g/mol. The Hall–Kier alpha value is -0.200. The quantitative estimate of drug-likeness (QED) is 0.480. The minimum Gasteiger partial charge on any atom is -0.460 e. The van der Waals surface area contributed by atoms with Crippen LogP contribution in [-0.2, 0) is 19.1 Å². The van der Waals surface area contributed by atoms with Crippen LogP contribution in [0.3, 0.4) is 0 Å². The van der Waals surface area contributed by atoms with Crippen LogP contribution in [-0.4, -0.2) is 41.1 Å². The molecule has 0 radical (unpaired) electrons. The molecule has 0 aliphatic rings. The fraction of sp³-hybridized carbons (Fsp3) is 0.857. The van der Waals surface area contributed by atoms with Gasteiger partial charge >= 0.3 is 5.97 Å². The van der Waals surface area contributed by atoms with E-state index >= 15 is 0 Å². The second-order valence-corrected chi connectivity index (χ2v) is 6.61. The molecule has 118 valence electrons. The van der Waals surface area contributed by atoms with Gasteiger partial charge in [0, 0.05) is 18.6 Å². The lowest BCUT2D eigenvalue weighted by Gasteiger charge is -2.28. The van der Waals surface area contributed by atoms with Crippen LogP contribution in [0.15, 0.2) is 0 Å². The summed E-state index contributed by atoms with van der Waals surface area (Å²) in [5.74, 6) is 0.738. The van der Waals surface area contributed by atoms with Crippen LogP contribution in [0.25, 0.3) is 0 Å². The van der Waals surface area contributed by atoms with E-state index in [1.807, 2.05) is 13.8 Å². The molecule has 0 amide bonds. The predicted molar refractivity (Wildman–Crippen MR) is 86.8 cm³/mol. The van der Waals surface area contributed by atoms with Crippen molar-refractivity contribution in [1.82, 2.24) is 0 Å². The van der Waals surface area contributed by atoms with Gasteiger partial charge in [0.05, 0.1) is 13.0 Å². The molecule has 0 aromatic carbocycles. The molecule has 0 N–H and O–H groups in total.